The predicted octanol–water partition coefficient (Wildman–Crippen LogP) is 4.54. The minimum atomic E-state index is -0.109. The molecule has 0 spiro atoms. The van der Waals surface area contributed by atoms with Crippen molar-refractivity contribution in [3.8, 4) is 5.75 Å². The van der Waals surface area contributed by atoms with Gasteiger partial charge in [-0.15, -0.1) is 0 Å². The van der Waals surface area contributed by atoms with Gasteiger partial charge in [-0.05, 0) is 43.3 Å². The summed E-state index contributed by atoms with van der Waals surface area (Å²) in [6.07, 6.45) is 1.91. The Kier molecular flexibility index (Phi) is 5.83. The van der Waals surface area contributed by atoms with Crippen molar-refractivity contribution in [1.29, 1.82) is 0 Å². The van der Waals surface area contributed by atoms with Crippen LogP contribution in [0.1, 0.15) is 12.0 Å². The number of aryl methyl sites for hydroxylation is 1. The number of para-hydroxylation sites is 1. The number of anilines is 3. The summed E-state index contributed by atoms with van der Waals surface area (Å²) in [6.45, 7) is 2.38. The number of aromatic nitrogens is 1. The summed E-state index contributed by atoms with van der Waals surface area (Å²) >= 11 is 0. The molecule has 0 atom stereocenters. The third-order valence-electron chi connectivity index (χ3n) is 3.71. The summed E-state index contributed by atoms with van der Waals surface area (Å²) in [5, 5.41) is 6.04. The van der Waals surface area contributed by atoms with E-state index < -0.39 is 0 Å². The predicted molar refractivity (Wildman–Crippen MR) is 104 cm³/mol. The van der Waals surface area contributed by atoms with Gasteiger partial charge in [-0.25, -0.2) is 4.98 Å². The number of carbonyl (C=O) groups excluding carboxylic acids is 1. The molecule has 0 radical (unpaired) electrons. The quantitative estimate of drug-likeness (QED) is 0.658. The molecule has 0 bridgehead atoms. The smallest absolute Gasteiger partial charge is 0.227 e. The number of nitrogens with zero attached hydrogens (tertiary/aromatic N) is 1. The first-order chi connectivity index (χ1) is 12.7. The number of amides is 1. The molecule has 3 rings (SSSR count). The average molecular weight is 347 g/mol. The lowest BCUT2D eigenvalue weighted by Gasteiger charge is -2.09. The van der Waals surface area contributed by atoms with Crippen LogP contribution >= 0.6 is 0 Å². The molecule has 0 aliphatic carbocycles. The van der Waals surface area contributed by atoms with E-state index in [9.17, 15) is 4.79 Å². The lowest BCUT2D eigenvalue weighted by Crippen LogP contribution is -2.15. The number of ether oxygens (including phenoxy) is 1. The first-order valence-electron chi connectivity index (χ1n) is 8.46. The van der Waals surface area contributed by atoms with Crippen LogP contribution in [0.3, 0.4) is 0 Å². The van der Waals surface area contributed by atoms with Gasteiger partial charge < -0.3 is 15.4 Å². The fourth-order valence-electron chi connectivity index (χ4n) is 2.33. The lowest BCUT2D eigenvalue weighted by molar-refractivity contribution is -0.116. The van der Waals surface area contributed by atoms with Crippen molar-refractivity contribution in [2.75, 3.05) is 17.2 Å². The van der Waals surface area contributed by atoms with Gasteiger partial charge in [0.25, 0.3) is 0 Å². The minimum absolute atomic E-state index is 0.109. The first kappa shape index (κ1) is 17.5. The van der Waals surface area contributed by atoms with Crippen LogP contribution < -0.4 is 15.4 Å². The normalized spacial score (nSPS) is 10.2. The molecule has 26 heavy (non-hydrogen) atoms. The zero-order valence-electron chi connectivity index (χ0n) is 14.6. The van der Waals surface area contributed by atoms with E-state index in [0.717, 1.165) is 17.3 Å². The number of carbonyl (C=O) groups is 1. The summed E-state index contributed by atoms with van der Waals surface area (Å²) in [4.78, 5) is 16.3. The molecule has 2 aromatic carbocycles. The molecular weight excluding hydrogens is 326 g/mol. The maximum absolute atomic E-state index is 12.0. The molecule has 0 aliphatic rings. The van der Waals surface area contributed by atoms with Gasteiger partial charge in [0, 0.05) is 5.69 Å². The second-order valence-corrected chi connectivity index (χ2v) is 5.88. The second-order valence-electron chi connectivity index (χ2n) is 5.88. The van der Waals surface area contributed by atoms with E-state index in [2.05, 4.69) is 15.6 Å². The third kappa shape index (κ3) is 5.34. The Morgan fingerprint density at radius 2 is 1.69 bits per heavy atom. The van der Waals surface area contributed by atoms with Crippen LogP contribution in [0.4, 0.5) is 17.2 Å². The molecule has 0 aliphatic heterocycles. The van der Waals surface area contributed by atoms with Gasteiger partial charge in [0.1, 0.15) is 11.6 Å². The van der Waals surface area contributed by atoms with E-state index >= 15 is 0 Å². The van der Waals surface area contributed by atoms with Crippen LogP contribution in [0.5, 0.6) is 5.75 Å². The Labute approximate surface area is 153 Å². The summed E-state index contributed by atoms with van der Waals surface area (Å²) in [7, 11) is 0. The average Bonchev–Trinajstić information content (AvgIpc) is 2.66. The van der Waals surface area contributed by atoms with E-state index in [4.69, 9.17) is 4.74 Å². The molecule has 1 heterocycles. The van der Waals surface area contributed by atoms with Crippen LogP contribution in [0.25, 0.3) is 0 Å². The van der Waals surface area contributed by atoms with E-state index in [1.807, 2.05) is 73.7 Å². The maximum atomic E-state index is 12.0. The first-order valence-corrected chi connectivity index (χ1v) is 8.46. The number of hydrogen-bond acceptors (Lipinski definition) is 4. The zero-order chi connectivity index (χ0) is 18.2. The van der Waals surface area contributed by atoms with Gasteiger partial charge in [0.2, 0.25) is 5.91 Å². The molecule has 0 unspecified atom stereocenters. The molecule has 132 valence electrons. The van der Waals surface area contributed by atoms with E-state index in [-0.39, 0.29) is 12.3 Å². The van der Waals surface area contributed by atoms with E-state index in [0.29, 0.717) is 12.3 Å². The molecule has 3 aromatic rings. The molecule has 5 heteroatoms. The molecular formula is C21H21N3O2. The maximum Gasteiger partial charge on any atom is 0.227 e. The highest BCUT2D eigenvalue weighted by molar-refractivity contribution is 5.90. The summed E-state index contributed by atoms with van der Waals surface area (Å²) in [6, 6.07) is 21.2. The molecule has 5 nitrogen and oxygen atoms in total. The van der Waals surface area contributed by atoms with Gasteiger partial charge in [-0.2, -0.15) is 0 Å². The van der Waals surface area contributed by atoms with Crippen molar-refractivity contribution in [2.45, 2.75) is 13.3 Å². The molecule has 1 amide bonds. The van der Waals surface area contributed by atoms with Crippen molar-refractivity contribution in [3.63, 3.8) is 0 Å². The van der Waals surface area contributed by atoms with Crippen molar-refractivity contribution in [1.82, 2.24) is 4.98 Å². The highest BCUT2D eigenvalue weighted by Gasteiger charge is 2.04. The zero-order valence-corrected chi connectivity index (χ0v) is 14.6. The van der Waals surface area contributed by atoms with E-state index in [1.54, 1.807) is 6.20 Å². The number of nitrogens with one attached hydrogen (secondary N) is 2. The summed E-state index contributed by atoms with van der Waals surface area (Å²) in [5.41, 5.74) is 2.83. The SMILES string of the molecule is Cc1ccc(Nc2ccc(NC(=O)CCOc3ccccc3)cn2)cc1. The van der Waals surface area contributed by atoms with Crippen molar-refractivity contribution < 1.29 is 9.53 Å². The molecule has 2 N–H and O–H groups in total. The summed E-state index contributed by atoms with van der Waals surface area (Å²) < 4.78 is 5.52. The number of hydrogen-bond donors (Lipinski definition) is 2. The van der Waals surface area contributed by atoms with Crippen LogP contribution in [-0.2, 0) is 4.79 Å². The Bertz CT molecular complexity index is 831. The van der Waals surface area contributed by atoms with Crippen molar-refractivity contribution in [3.05, 3.63) is 78.5 Å². The fraction of sp³-hybridized carbons (Fsp3) is 0.143. The lowest BCUT2D eigenvalue weighted by atomic mass is 10.2. The van der Waals surface area contributed by atoms with Crippen LogP contribution in [-0.4, -0.2) is 17.5 Å². The van der Waals surface area contributed by atoms with Gasteiger partial charge in [-0.3, -0.25) is 4.79 Å². The van der Waals surface area contributed by atoms with Gasteiger partial charge in [-0.1, -0.05) is 35.9 Å². The minimum Gasteiger partial charge on any atom is -0.493 e. The number of pyridine rings is 1. The van der Waals surface area contributed by atoms with Gasteiger partial charge in [0.05, 0.1) is 24.9 Å². The molecule has 0 saturated heterocycles. The largest absolute Gasteiger partial charge is 0.493 e. The third-order valence-corrected chi connectivity index (χ3v) is 3.71. The topological polar surface area (TPSA) is 63.2 Å². The Balaban J connectivity index is 1.46. The Morgan fingerprint density at radius 3 is 2.38 bits per heavy atom. The van der Waals surface area contributed by atoms with Gasteiger partial charge in [0.15, 0.2) is 0 Å². The Morgan fingerprint density at radius 1 is 0.962 bits per heavy atom. The highest BCUT2D eigenvalue weighted by atomic mass is 16.5. The van der Waals surface area contributed by atoms with E-state index in [1.165, 1.54) is 5.56 Å². The monoisotopic (exact) mass is 347 g/mol. The van der Waals surface area contributed by atoms with Crippen LogP contribution in [0.15, 0.2) is 72.9 Å². The van der Waals surface area contributed by atoms with Crippen LogP contribution in [0.2, 0.25) is 0 Å². The second kappa shape index (κ2) is 8.67. The molecule has 0 fully saturated rings. The standard InChI is InChI=1S/C21H21N3O2/c1-16-7-9-17(10-8-16)23-20-12-11-18(15-22-20)24-21(25)13-14-26-19-5-3-2-4-6-19/h2-12,15H,13-14H2,1H3,(H,22,23)(H,24,25). The van der Waals surface area contributed by atoms with Gasteiger partial charge >= 0.3 is 0 Å². The van der Waals surface area contributed by atoms with Crippen molar-refractivity contribution >= 4 is 23.1 Å². The number of benzene rings is 2. The molecule has 1 aromatic heterocycles. The van der Waals surface area contributed by atoms with Crippen molar-refractivity contribution in [2.24, 2.45) is 0 Å². The summed E-state index contributed by atoms with van der Waals surface area (Å²) in [5.74, 6) is 1.37. The highest BCUT2D eigenvalue weighted by Crippen LogP contribution is 2.17. The number of rotatable bonds is 7. The Hall–Kier alpha value is -3.34. The van der Waals surface area contributed by atoms with Crippen LogP contribution in [0, 0.1) is 6.92 Å². The molecule has 0 saturated carbocycles. The fourth-order valence-corrected chi connectivity index (χ4v) is 2.33.